The lowest BCUT2D eigenvalue weighted by Crippen LogP contribution is -2.29. The van der Waals surface area contributed by atoms with Crippen LogP contribution in [0.25, 0.3) is 6.08 Å². The van der Waals surface area contributed by atoms with Crippen molar-refractivity contribution in [2.24, 2.45) is 0 Å². The summed E-state index contributed by atoms with van der Waals surface area (Å²) < 4.78 is 4.72. The van der Waals surface area contributed by atoms with E-state index < -0.39 is 5.97 Å². The van der Waals surface area contributed by atoms with Gasteiger partial charge in [-0.3, -0.25) is 9.59 Å². The van der Waals surface area contributed by atoms with Crippen LogP contribution in [0.15, 0.2) is 30.3 Å². The molecule has 0 heterocycles. The molecule has 1 amide bonds. The summed E-state index contributed by atoms with van der Waals surface area (Å²) in [5.41, 5.74) is 2.29. The zero-order valence-electron chi connectivity index (χ0n) is 13.1. The van der Waals surface area contributed by atoms with E-state index in [0.717, 1.165) is 5.56 Å². The topological polar surface area (TPSA) is 55.4 Å². The van der Waals surface area contributed by atoms with Crippen LogP contribution >= 0.6 is 0 Å². The van der Waals surface area contributed by atoms with Crippen LogP contribution in [0.5, 0.6) is 0 Å². The van der Waals surface area contributed by atoms with Gasteiger partial charge in [-0.25, -0.2) is 0 Å². The molecule has 0 aliphatic carbocycles. The molecular formula is C17H23NO3. The second-order valence-corrected chi connectivity index (χ2v) is 5.73. The van der Waals surface area contributed by atoms with Crippen molar-refractivity contribution in [1.29, 1.82) is 0 Å². The first-order valence-corrected chi connectivity index (χ1v) is 7.05. The van der Waals surface area contributed by atoms with Crippen molar-refractivity contribution in [2.45, 2.75) is 33.1 Å². The van der Waals surface area contributed by atoms with Gasteiger partial charge in [-0.05, 0) is 29.5 Å². The van der Waals surface area contributed by atoms with Crippen LogP contribution in [0.2, 0.25) is 0 Å². The van der Waals surface area contributed by atoms with Crippen LogP contribution in [0, 0.1) is 0 Å². The van der Waals surface area contributed by atoms with Crippen molar-refractivity contribution in [3.8, 4) is 0 Å². The monoisotopic (exact) mass is 289 g/mol. The van der Waals surface area contributed by atoms with Crippen LogP contribution in [0.1, 0.15) is 38.8 Å². The van der Waals surface area contributed by atoms with Crippen molar-refractivity contribution < 1.29 is 14.3 Å². The van der Waals surface area contributed by atoms with E-state index in [-0.39, 0.29) is 17.9 Å². The first-order chi connectivity index (χ1) is 9.82. The second-order valence-electron chi connectivity index (χ2n) is 5.73. The highest BCUT2D eigenvalue weighted by molar-refractivity contribution is 5.93. The van der Waals surface area contributed by atoms with E-state index in [4.69, 9.17) is 4.74 Å². The highest BCUT2D eigenvalue weighted by Crippen LogP contribution is 2.22. The van der Waals surface area contributed by atoms with Crippen molar-refractivity contribution in [3.05, 3.63) is 41.5 Å². The predicted octanol–water partition coefficient (Wildman–Crippen LogP) is 2.68. The Hall–Kier alpha value is -2.10. The molecule has 0 radical (unpaired) electrons. The van der Waals surface area contributed by atoms with Gasteiger partial charge in [0.25, 0.3) is 0 Å². The Kier molecular flexibility index (Phi) is 6.15. The van der Waals surface area contributed by atoms with E-state index in [9.17, 15) is 9.59 Å². The fraction of sp³-hybridized carbons (Fsp3) is 0.412. The molecule has 0 atom stereocenters. The van der Waals surface area contributed by atoms with E-state index in [0.29, 0.717) is 6.61 Å². The van der Waals surface area contributed by atoms with Gasteiger partial charge in [0, 0.05) is 6.08 Å². The summed E-state index contributed by atoms with van der Waals surface area (Å²) >= 11 is 0. The van der Waals surface area contributed by atoms with Crippen LogP contribution < -0.4 is 5.32 Å². The first-order valence-electron chi connectivity index (χ1n) is 7.05. The van der Waals surface area contributed by atoms with Gasteiger partial charge in [0.2, 0.25) is 5.91 Å². The van der Waals surface area contributed by atoms with Crippen molar-refractivity contribution in [2.75, 3.05) is 13.2 Å². The van der Waals surface area contributed by atoms with Gasteiger partial charge in [0.1, 0.15) is 6.54 Å². The van der Waals surface area contributed by atoms with Crippen LogP contribution in [-0.2, 0) is 19.7 Å². The summed E-state index contributed by atoms with van der Waals surface area (Å²) in [6.07, 6.45) is 3.12. The summed E-state index contributed by atoms with van der Waals surface area (Å²) in [5, 5.41) is 2.47. The zero-order valence-corrected chi connectivity index (χ0v) is 13.1. The number of carbonyl (C=O) groups excluding carboxylic acids is 2. The largest absolute Gasteiger partial charge is 0.465 e. The van der Waals surface area contributed by atoms with Crippen LogP contribution in [-0.4, -0.2) is 25.0 Å². The molecule has 0 saturated carbocycles. The maximum absolute atomic E-state index is 11.5. The molecule has 0 spiro atoms. The third kappa shape index (κ3) is 6.25. The van der Waals surface area contributed by atoms with Crippen LogP contribution in [0.3, 0.4) is 0 Å². The number of ether oxygens (including phenoxy) is 1. The number of hydrogen-bond donors (Lipinski definition) is 1. The Morgan fingerprint density at radius 3 is 2.33 bits per heavy atom. The molecule has 4 heteroatoms. The highest BCUT2D eigenvalue weighted by Gasteiger charge is 2.12. The van der Waals surface area contributed by atoms with Crippen molar-refractivity contribution in [3.63, 3.8) is 0 Å². The minimum absolute atomic E-state index is 0.110. The Labute approximate surface area is 126 Å². The standard InChI is InChI=1S/C17H23NO3/c1-5-21-16(20)12-18-15(19)11-8-13-6-9-14(10-7-13)17(2,3)4/h6-11H,5,12H2,1-4H3,(H,18,19). The molecule has 0 aliphatic heterocycles. The fourth-order valence-corrected chi connectivity index (χ4v) is 1.70. The number of esters is 1. The third-order valence-corrected chi connectivity index (χ3v) is 2.92. The summed E-state index contributed by atoms with van der Waals surface area (Å²) in [5.74, 6) is -0.753. The lowest BCUT2D eigenvalue weighted by Gasteiger charge is -2.18. The summed E-state index contributed by atoms with van der Waals surface area (Å²) in [6.45, 7) is 8.38. The van der Waals surface area contributed by atoms with Gasteiger partial charge in [-0.1, -0.05) is 45.0 Å². The maximum Gasteiger partial charge on any atom is 0.325 e. The molecule has 0 bridgehead atoms. The number of nitrogens with one attached hydrogen (secondary N) is 1. The lowest BCUT2D eigenvalue weighted by molar-refractivity contribution is -0.143. The fourth-order valence-electron chi connectivity index (χ4n) is 1.70. The zero-order chi connectivity index (χ0) is 15.9. The predicted molar refractivity (Wildman–Crippen MR) is 83.8 cm³/mol. The number of amides is 1. The lowest BCUT2D eigenvalue weighted by atomic mass is 9.87. The average molecular weight is 289 g/mol. The molecule has 21 heavy (non-hydrogen) atoms. The SMILES string of the molecule is CCOC(=O)CNC(=O)C=Cc1ccc(C(C)(C)C)cc1. The molecule has 0 saturated heterocycles. The summed E-state index contributed by atoms with van der Waals surface area (Å²) in [7, 11) is 0. The molecule has 114 valence electrons. The molecule has 0 aliphatic rings. The molecule has 1 N–H and O–H groups in total. The molecule has 1 rings (SSSR count). The summed E-state index contributed by atoms with van der Waals surface area (Å²) in [4.78, 5) is 22.6. The van der Waals surface area contributed by atoms with Crippen molar-refractivity contribution in [1.82, 2.24) is 5.32 Å². The Balaban J connectivity index is 2.53. The van der Waals surface area contributed by atoms with E-state index in [2.05, 4.69) is 38.2 Å². The van der Waals surface area contributed by atoms with Gasteiger partial charge in [0.15, 0.2) is 0 Å². The summed E-state index contributed by atoms with van der Waals surface area (Å²) in [6, 6.07) is 8.04. The average Bonchev–Trinajstić information content (AvgIpc) is 2.43. The minimum atomic E-state index is -0.436. The molecule has 0 unspecified atom stereocenters. The quantitative estimate of drug-likeness (QED) is 0.670. The Morgan fingerprint density at radius 2 is 1.81 bits per heavy atom. The van der Waals surface area contributed by atoms with E-state index >= 15 is 0 Å². The van der Waals surface area contributed by atoms with E-state index in [1.54, 1.807) is 13.0 Å². The number of hydrogen-bond acceptors (Lipinski definition) is 3. The molecule has 1 aromatic rings. The van der Waals surface area contributed by atoms with Gasteiger partial charge in [-0.2, -0.15) is 0 Å². The van der Waals surface area contributed by atoms with Crippen molar-refractivity contribution >= 4 is 18.0 Å². The third-order valence-electron chi connectivity index (χ3n) is 2.92. The normalized spacial score (nSPS) is 11.4. The smallest absolute Gasteiger partial charge is 0.325 e. The van der Waals surface area contributed by atoms with Crippen LogP contribution in [0.4, 0.5) is 0 Å². The Bertz CT molecular complexity index is 510. The molecule has 0 aromatic heterocycles. The van der Waals surface area contributed by atoms with E-state index in [1.165, 1.54) is 11.6 Å². The number of carbonyl (C=O) groups is 2. The van der Waals surface area contributed by atoms with Gasteiger partial charge in [0.05, 0.1) is 6.61 Å². The minimum Gasteiger partial charge on any atom is -0.465 e. The molecular weight excluding hydrogens is 266 g/mol. The van der Waals surface area contributed by atoms with Gasteiger partial charge < -0.3 is 10.1 Å². The van der Waals surface area contributed by atoms with Gasteiger partial charge in [-0.15, -0.1) is 0 Å². The maximum atomic E-state index is 11.5. The molecule has 0 fully saturated rings. The van der Waals surface area contributed by atoms with Gasteiger partial charge >= 0.3 is 5.97 Å². The highest BCUT2D eigenvalue weighted by atomic mass is 16.5. The second kappa shape index (κ2) is 7.62. The van der Waals surface area contributed by atoms with E-state index in [1.807, 2.05) is 12.1 Å². The number of benzene rings is 1. The molecule has 4 nitrogen and oxygen atoms in total. The number of rotatable bonds is 5. The first kappa shape index (κ1) is 17.0. The molecule has 1 aromatic carbocycles. The Morgan fingerprint density at radius 1 is 1.19 bits per heavy atom.